The molecule has 0 aliphatic heterocycles. The van der Waals surface area contributed by atoms with Crippen molar-refractivity contribution in [2.75, 3.05) is 0 Å². The highest BCUT2D eigenvalue weighted by Gasteiger charge is 2.31. The third kappa shape index (κ3) is 2.74. The highest BCUT2D eigenvalue weighted by molar-refractivity contribution is 5.71. The third-order valence-electron chi connectivity index (χ3n) is 4.35. The molecule has 1 aliphatic carbocycles. The lowest BCUT2D eigenvalue weighted by molar-refractivity contribution is -0.143. The maximum atomic E-state index is 11.5. The zero-order valence-electron chi connectivity index (χ0n) is 11.3. The number of aliphatic carboxylic acids is 1. The van der Waals surface area contributed by atoms with E-state index < -0.39 is 5.97 Å². The summed E-state index contributed by atoms with van der Waals surface area (Å²) in [6.45, 7) is 4.16. The molecule has 1 unspecified atom stereocenters. The first kappa shape index (κ1) is 13.1. The minimum Gasteiger partial charge on any atom is -0.481 e. The Morgan fingerprint density at radius 1 is 1.28 bits per heavy atom. The molecule has 1 fully saturated rings. The fourth-order valence-electron chi connectivity index (χ4n) is 3.21. The van der Waals surface area contributed by atoms with Gasteiger partial charge in [-0.05, 0) is 55.7 Å². The summed E-state index contributed by atoms with van der Waals surface area (Å²) in [4.78, 5) is 11.5. The van der Waals surface area contributed by atoms with Gasteiger partial charge in [-0.2, -0.15) is 0 Å². The number of carboxylic acids is 1. The molecule has 2 rings (SSSR count). The molecule has 0 aromatic heterocycles. The largest absolute Gasteiger partial charge is 0.481 e. The van der Waals surface area contributed by atoms with Crippen LogP contribution >= 0.6 is 0 Å². The lowest BCUT2D eigenvalue weighted by atomic mass is 9.83. The maximum absolute atomic E-state index is 11.5. The fraction of sp³-hybridized carbons (Fsp3) is 0.562. The van der Waals surface area contributed by atoms with E-state index in [-0.39, 0.29) is 5.92 Å². The molecule has 0 amide bonds. The van der Waals surface area contributed by atoms with Crippen LogP contribution in [-0.2, 0) is 11.2 Å². The van der Waals surface area contributed by atoms with Crippen LogP contribution in [0.3, 0.4) is 0 Å². The van der Waals surface area contributed by atoms with E-state index in [1.165, 1.54) is 29.5 Å². The van der Waals surface area contributed by atoms with Gasteiger partial charge in [0.15, 0.2) is 0 Å². The van der Waals surface area contributed by atoms with Crippen molar-refractivity contribution < 1.29 is 9.90 Å². The van der Waals surface area contributed by atoms with Gasteiger partial charge in [-0.3, -0.25) is 4.79 Å². The lowest BCUT2D eigenvalue weighted by Crippen LogP contribution is -2.24. The predicted octanol–water partition coefficient (Wildman–Crippen LogP) is 3.74. The zero-order valence-corrected chi connectivity index (χ0v) is 11.3. The van der Waals surface area contributed by atoms with Crippen molar-refractivity contribution in [3.63, 3.8) is 0 Å². The van der Waals surface area contributed by atoms with Gasteiger partial charge in [-0.25, -0.2) is 0 Å². The normalized spacial score (nSPS) is 17.9. The molecule has 0 radical (unpaired) electrons. The highest BCUT2D eigenvalue weighted by Crippen LogP contribution is 2.34. The molecule has 1 saturated carbocycles. The molecule has 1 aliphatic rings. The van der Waals surface area contributed by atoms with Crippen LogP contribution in [0.25, 0.3) is 0 Å². The van der Waals surface area contributed by atoms with E-state index in [9.17, 15) is 9.90 Å². The van der Waals surface area contributed by atoms with E-state index in [2.05, 4.69) is 26.0 Å². The van der Waals surface area contributed by atoms with Crippen LogP contribution < -0.4 is 0 Å². The molecule has 1 aromatic carbocycles. The maximum Gasteiger partial charge on any atom is 0.307 e. The summed E-state index contributed by atoms with van der Waals surface area (Å²) in [5.74, 6) is -0.446. The Morgan fingerprint density at radius 3 is 2.33 bits per heavy atom. The van der Waals surface area contributed by atoms with Gasteiger partial charge in [0, 0.05) is 0 Å². The van der Waals surface area contributed by atoms with E-state index in [0.717, 1.165) is 12.8 Å². The molecule has 1 atom stereocenters. The molecule has 98 valence electrons. The fourth-order valence-corrected chi connectivity index (χ4v) is 3.21. The molecule has 0 bridgehead atoms. The van der Waals surface area contributed by atoms with E-state index >= 15 is 0 Å². The van der Waals surface area contributed by atoms with Crippen molar-refractivity contribution in [1.29, 1.82) is 0 Å². The minimum absolute atomic E-state index is 0.202. The van der Waals surface area contributed by atoms with Crippen molar-refractivity contribution >= 4 is 5.97 Å². The first-order valence-corrected chi connectivity index (χ1v) is 6.87. The van der Waals surface area contributed by atoms with E-state index in [1.54, 1.807) is 0 Å². The third-order valence-corrected chi connectivity index (χ3v) is 4.35. The topological polar surface area (TPSA) is 37.3 Å². The average Bonchev–Trinajstić information content (AvgIpc) is 2.81. The standard InChI is InChI=1S/C16H22O2/c1-11-6-5-7-12(2)14(11)10-15(16(17)18)13-8-3-4-9-13/h5-7,13,15H,3-4,8-10H2,1-2H3,(H,17,18). The van der Waals surface area contributed by atoms with Gasteiger partial charge < -0.3 is 5.11 Å². The van der Waals surface area contributed by atoms with Crippen LogP contribution in [0.1, 0.15) is 42.4 Å². The summed E-state index contributed by atoms with van der Waals surface area (Å²) in [6.07, 6.45) is 5.25. The van der Waals surface area contributed by atoms with Crippen molar-refractivity contribution in [2.45, 2.75) is 46.0 Å². The van der Waals surface area contributed by atoms with Crippen molar-refractivity contribution in [2.24, 2.45) is 11.8 Å². The second-order valence-electron chi connectivity index (χ2n) is 5.56. The number of aryl methyl sites for hydroxylation is 2. The van der Waals surface area contributed by atoms with Crippen LogP contribution in [0.15, 0.2) is 18.2 Å². The predicted molar refractivity (Wildman–Crippen MR) is 72.7 cm³/mol. The molecule has 2 heteroatoms. The molecular weight excluding hydrogens is 224 g/mol. The number of carbonyl (C=O) groups is 1. The van der Waals surface area contributed by atoms with Crippen molar-refractivity contribution in [1.82, 2.24) is 0 Å². The Bertz CT molecular complexity index is 410. The van der Waals surface area contributed by atoms with Crippen LogP contribution in [-0.4, -0.2) is 11.1 Å². The Balaban J connectivity index is 2.20. The summed E-state index contributed by atoms with van der Waals surface area (Å²) in [5.41, 5.74) is 3.68. The number of carboxylic acid groups (broad SMARTS) is 1. The summed E-state index contributed by atoms with van der Waals surface area (Å²) >= 11 is 0. The van der Waals surface area contributed by atoms with Crippen molar-refractivity contribution in [3.05, 3.63) is 34.9 Å². The van der Waals surface area contributed by atoms with Crippen molar-refractivity contribution in [3.8, 4) is 0 Å². The van der Waals surface area contributed by atoms with Gasteiger partial charge in [0.25, 0.3) is 0 Å². The van der Waals surface area contributed by atoms with Gasteiger partial charge >= 0.3 is 5.97 Å². The van der Waals surface area contributed by atoms with Gasteiger partial charge in [0.2, 0.25) is 0 Å². The summed E-state index contributed by atoms with van der Waals surface area (Å²) in [5, 5.41) is 9.48. The zero-order chi connectivity index (χ0) is 13.1. The van der Waals surface area contributed by atoms with Crippen LogP contribution in [0.4, 0.5) is 0 Å². The highest BCUT2D eigenvalue weighted by atomic mass is 16.4. The van der Waals surface area contributed by atoms with E-state index in [0.29, 0.717) is 12.3 Å². The summed E-state index contributed by atoms with van der Waals surface area (Å²) < 4.78 is 0. The first-order chi connectivity index (χ1) is 8.59. The van der Waals surface area contributed by atoms with Gasteiger partial charge in [-0.1, -0.05) is 31.0 Å². The van der Waals surface area contributed by atoms with E-state index in [4.69, 9.17) is 0 Å². The summed E-state index contributed by atoms with van der Waals surface area (Å²) in [7, 11) is 0. The Kier molecular flexibility index (Phi) is 4.05. The smallest absolute Gasteiger partial charge is 0.307 e. The average molecular weight is 246 g/mol. The number of hydrogen-bond acceptors (Lipinski definition) is 1. The molecule has 1 aromatic rings. The Morgan fingerprint density at radius 2 is 1.83 bits per heavy atom. The van der Waals surface area contributed by atoms with Crippen LogP contribution in [0.5, 0.6) is 0 Å². The number of rotatable bonds is 4. The SMILES string of the molecule is Cc1cccc(C)c1CC(C(=O)O)C1CCCC1. The molecule has 0 heterocycles. The van der Waals surface area contributed by atoms with Crippen LogP contribution in [0.2, 0.25) is 0 Å². The summed E-state index contributed by atoms with van der Waals surface area (Å²) in [6, 6.07) is 6.20. The van der Waals surface area contributed by atoms with Gasteiger partial charge in [0.1, 0.15) is 0 Å². The van der Waals surface area contributed by atoms with Gasteiger partial charge in [0.05, 0.1) is 5.92 Å². The second-order valence-corrected chi connectivity index (χ2v) is 5.56. The quantitative estimate of drug-likeness (QED) is 0.878. The minimum atomic E-state index is -0.621. The molecule has 0 spiro atoms. The number of benzene rings is 1. The second kappa shape index (κ2) is 5.55. The molecule has 2 nitrogen and oxygen atoms in total. The first-order valence-electron chi connectivity index (χ1n) is 6.87. The van der Waals surface area contributed by atoms with E-state index in [1.807, 2.05) is 6.07 Å². The van der Waals surface area contributed by atoms with Crippen LogP contribution in [0, 0.1) is 25.7 Å². The lowest BCUT2D eigenvalue weighted by Gasteiger charge is -2.21. The van der Waals surface area contributed by atoms with Gasteiger partial charge in [-0.15, -0.1) is 0 Å². The Hall–Kier alpha value is -1.31. The molecule has 18 heavy (non-hydrogen) atoms. The molecule has 1 N–H and O–H groups in total. The molecule has 0 saturated heterocycles. The Labute approximate surface area is 109 Å². The molecular formula is C16H22O2. The number of hydrogen-bond donors (Lipinski definition) is 1. The monoisotopic (exact) mass is 246 g/mol.